The minimum atomic E-state index is -0.295. The van der Waals surface area contributed by atoms with Crippen LogP contribution in [0.1, 0.15) is 20.8 Å². The van der Waals surface area contributed by atoms with Crippen molar-refractivity contribution in [2.24, 2.45) is 0 Å². The fraction of sp³-hybridized carbons (Fsp3) is 0.333. The van der Waals surface area contributed by atoms with Crippen molar-refractivity contribution in [3.05, 3.63) is 24.3 Å². The molecule has 4 heteroatoms. The van der Waals surface area contributed by atoms with E-state index in [9.17, 15) is 9.59 Å². The second-order valence-corrected chi connectivity index (χ2v) is 3.30. The van der Waals surface area contributed by atoms with Gasteiger partial charge in [0.15, 0.2) is 0 Å². The van der Waals surface area contributed by atoms with Crippen molar-refractivity contribution in [1.29, 1.82) is 0 Å². The average Bonchev–Trinajstić information content (AvgIpc) is 2.20. The van der Waals surface area contributed by atoms with Gasteiger partial charge in [0, 0.05) is 13.8 Å². The summed E-state index contributed by atoms with van der Waals surface area (Å²) in [5.74, 6) is 0.131. The van der Waals surface area contributed by atoms with E-state index in [1.54, 1.807) is 24.3 Å². The monoisotopic (exact) mass is 221 g/mol. The van der Waals surface area contributed by atoms with Crippen LogP contribution in [0, 0.1) is 0 Å². The van der Waals surface area contributed by atoms with E-state index in [2.05, 4.69) is 0 Å². The zero-order chi connectivity index (χ0) is 12.1. The lowest BCUT2D eigenvalue weighted by atomic mass is 10.2. The Hall–Kier alpha value is -1.84. The van der Waals surface area contributed by atoms with E-state index < -0.39 is 0 Å². The summed E-state index contributed by atoms with van der Waals surface area (Å²) in [6.45, 7) is 5.20. The molecule has 1 aromatic carbocycles. The number of imide groups is 1. The van der Waals surface area contributed by atoms with Gasteiger partial charge in [0.05, 0.1) is 12.3 Å². The van der Waals surface area contributed by atoms with Gasteiger partial charge in [-0.3, -0.25) is 14.5 Å². The number of amides is 2. The summed E-state index contributed by atoms with van der Waals surface area (Å²) in [5.41, 5.74) is 0.559. The van der Waals surface area contributed by atoms with Crippen molar-refractivity contribution < 1.29 is 14.3 Å². The smallest absolute Gasteiger partial charge is 0.230 e. The largest absolute Gasteiger partial charge is 0.494 e. The molecule has 2 amide bonds. The minimum Gasteiger partial charge on any atom is -0.494 e. The third kappa shape index (κ3) is 2.82. The van der Waals surface area contributed by atoms with Gasteiger partial charge >= 0.3 is 0 Å². The summed E-state index contributed by atoms with van der Waals surface area (Å²) in [6, 6.07) is 6.84. The average molecular weight is 221 g/mol. The third-order valence-electron chi connectivity index (χ3n) is 2.04. The normalized spacial score (nSPS) is 9.69. The Labute approximate surface area is 94.8 Å². The Bertz CT molecular complexity index is 370. The highest BCUT2D eigenvalue weighted by atomic mass is 16.5. The van der Waals surface area contributed by atoms with Gasteiger partial charge < -0.3 is 4.74 Å². The van der Waals surface area contributed by atoms with E-state index in [1.165, 1.54) is 13.8 Å². The van der Waals surface area contributed by atoms with Gasteiger partial charge in [-0.05, 0) is 31.2 Å². The molecule has 0 bridgehead atoms. The van der Waals surface area contributed by atoms with Crippen LogP contribution in [0.25, 0.3) is 0 Å². The summed E-state index contributed by atoms with van der Waals surface area (Å²) in [7, 11) is 0. The molecule has 0 spiro atoms. The van der Waals surface area contributed by atoms with Crippen molar-refractivity contribution in [3.8, 4) is 5.75 Å². The van der Waals surface area contributed by atoms with Crippen LogP contribution < -0.4 is 9.64 Å². The molecule has 0 aliphatic heterocycles. The molecular weight excluding hydrogens is 206 g/mol. The highest BCUT2D eigenvalue weighted by Gasteiger charge is 2.15. The fourth-order valence-electron chi connectivity index (χ4n) is 1.44. The maximum atomic E-state index is 11.3. The highest BCUT2D eigenvalue weighted by Crippen LogP contribution is 2.19. The van der Waals surface area contributed by atoms with Crippen molar-refractivity contribution in [1.82, 2.24) is 0 Å². The Kier molecular flexibility index (Phi) is 4.05. The standard InChI is InChI=1S/C12H15NO3/c1-4-16-12-7-5-11(6-8-12)13(9(2)14)10(3)15/h5-8H,4H2,1-3H3. The van der Waals surface area contributed by atoms with Gasteiger partial charge in [0.25, 0.3) is 0 Å². The molecule has 0 unspecified atom stereocenters. The van der Waals surface area contributed by atoms with Crippen LogP contribution in [0.5, 0.6) is 5.75 Å². The lowest BCUT2D eigenvalue weighted by molar-refractivity contribution is -0.124. The first-order valence-corrected chi connectivity index (χ1v) is 5.10. The SMILES string of the molecule is CCOc1ccc(N(C(C)=O)C(C)=O)cc1. The van der Waals surface area contributed by atoms with E-state index in [1.807, 2.05) is 6.92 Å². The molecular formula is C12H15NO3. The fourth-order valence-corrected chi connectivity index (χ4v) is 1.44. The number of rotatable bonds is 3. The Morgan fingerprint density at radius 1 is 1.12 bits per heavy atom. The molecule has 0 saturated heterocycles. The molecule has 0 aliphatic rings. The predicted molar refractivity (Wildman–Crippen MR) is 61.5 cm³/mol. The van der Waals surface area contributed by atoms with Crippen LogP contribution in [0.3, 0.4) is 0 Å². The second-order valence-electron chi connectivity index (χ2n) is 3.30. The molecule has 0 N–H and O–H groups in total. The number of hydrogen-bond donors (Lipinski definition) is 0. The van der Waals surface area contributed by atoms with Crippen LogP contribution in [0.2, 0.25) is 0 Å². The number of carbonyl (C=O) groups is 2. The maximum Gasteiger partial charge on any atom is 0.230 e. The molecule has 4 nitrogen and oxygen atoms in total. The molecule has 0 atom stereocenters. The van der Waals surface area contributed by atoms with Gasteiger partial charge in [-0.1, -0.05) is 0 Å². The summed E-state index contributed by atoms with van der Waals surface area (Å²) >= 11 is 0. The predicted octanol–water partition coefficient (Wildman–Crippen LogP) is 1.98. The molecule has 0 saturated carbocycles. The van der Waals surface area contributed by atoms with E-state index in [0.717, 1.165) is 10.6 Å². The topological polar surface area (TPSA) is 46.6 Å². The summed E-state index contributed by atoms with van der Waals surface area (Å²) < 4.78 is 5.27. The van der Waals surface area contributed by atoms with Gasteiger partial charge in [-0.2, -0.15) is 0 Å². The van der Waals surface area contributed by atoms with E-state index >= 15 is 0 Å². The number of nitrogens with zero attached hydrogens (tertiary/aromatic N) is 1. The second kappa shape index (κ2) is 5.30. The summed E-state index contributed by atoms with van der Waals surface area (Å²) in [6.07, 6.45) is 0. The van der Waals surface area contributed by atoms with Gasteiger partial charge in [-0.15, -0.1) is 0 Å². The molecule has 0 heterocycles. The lowest BCUT2D eigenvalue weighted by Gasteiger charge is -2.17. The lowest BCUT2D eigenvalue weighted by Crippen LogP contribution is -2.32. The van der Waals surface area contributed by atoms with Gasteiger partial charge in [-0.25, -0.2) is 0 Å². The molecule has 1 rings (SSSR count). The molecule has 0 aromatic heterocycles. The first kappa shape index (κ1) is 12.2. The quantitative estimate of drug-likeness (QED) is 0.784. The maximum absolute atomic E-state index is 11.3. The number of benzene rings is 1. The Balaban J connectivity index is 2.94. The Morgan fingerprint density at radius 2 is 1.62 bits per heavy atom. The van der Waals surface area contributed by atoms with Gasteiger partial charge in [0.2, 0.25) is 11.8 Å². The number of anilines is 1. The van der Waals surface area contributed by atoms with E-state index in [0.29, 0.717) is 12.3 Å². The Morgan fingerprint density at radius 3 is 2.00 bits per heavy atom. The van der Waals surface area contributed by atoms with E-state index in [-0.39, 0.29) is 11.8 Å². The molecule has 86 valence electrons. The summed E-state index contributed by atoms with van der Waals surface area (Å²) in [5, 5.41) is 0. The molecule has 0 radical (unpaired) electrons. The van der Waals surface area contributed by atoms with Crippen LogP contribution in [-0.2, 0) is 9.59 Å². The summed E-state index contributed by atoms with van der Waals surface area (Å²) in [4.78, 5) is 23.7. The molecule has 1 aromatic rings. The number of carbonyl (C=O) groups excluding carboxylic acids is 2. The van der Waals surface area contributed by atoms with Crippen molar-refractivity contribution in [3.63, 3.8) is 0 Å². The van der Waals surface area contributed by atoms with Crippen molar-refractivity contribution >= 4 is 17.5 Å². The number of ether oxygens (including phenoxy) is 1. The third-order valence-corrected chi connectivity index (χ3v) is 2.04. The van der Waals surface area contributed by atoms with Crippen LogP contribution >= 0.6 is 0 Å². The zero-order valence-electron chi connectivity index (χ0n) is 9.69. The zero-order valence-corrected chi connectivity index (χ0v) is 9.69. The van der Waals surface area contributed by atoms with Crippen LogP contribution in [0.15, 0.2) is 24.3 Å². The van der Waals surface area contributed by atoms with Crippen LogP contribution in [0.4, 0.5) is 5.69 Å². The molecule has 0 fully saturated rings. The van der Waals surface area contributed by atoms with Crippen LogP contribution in [-0.4, -0.2) is 18.4 Å². The van der Waals surface area contributed by atoms with Crippen molar-refractivity contribution in [2.75, 3.05) is 11.5 Å². The van der Waals surface area contributed by atoms with E-state index in [4.69, 9.17) is 4.74 Å². The van der Waals surface area contributed by atoms with Gasteiger partial charge in [0.1, 0.15) is 5.75 Å². The highest BCUT2D eigenvalue weighted by molar-refractivity contribution is 6.13. The first-order valence-electron chi connectivity index (χ1n) is 5.10. The molecule has 0 aliphatic carbocycles. The molecule has 16 heavy (non-hydrogen) atoms. The first-order chi connectivity index (χ1) is 7.56. The minimum absolute atomic E-state index is 0.295. The van der Waals surface area contributed by atoms with Crippen molar-refractivity contribution in [2.45, 2.75) is 20.8 Å². The number of hydrogen-bond acceptors (Lipinski definition) is 3.